The Morgan fingerprint density at radius 1 is 1.42 bits per heavy atom. The summed E-state index contributed by atoms with van der Waals surface area (Å²) in [4.78, 5) is 32.9. The van der Waals surface area contributed by atoms with E-state index in [2.05, 4.69) is 27.7 Å². The summed E-state index contributed by atoms with van der Waals surface area (Å²) in [6, 6.07) is 1.74. The number of aromatic nitrogens is 2. The van der Waals surface area contributed by atoms with Crippen molar-refractivity contribution in [3.63, 3.8) is 0 Å². The van der Waals surface area contributed by atoms with Crippen molar-refractivity contribution in [1.82, 2.24) is 20.5 Å². The predicted octanol–water partition coefficient (Wildman–Crippen LogP) is 1.03. The Kier molecular flexibility index (Phi) is 8.48. The zero-order chi connectivity index (χ0) is 17.9. The normalized spacial score (nSPS) is 11.5. The Morgan fingerprint density at radius 3 is 2.79 bits per heavy atom. The number of hydrazine groups is 1. The van der Waals surface area contributed by atoms with E-state index < -0.39 is 5.92 Å². The molecule has 1 rings (SSSR count). The highest BCUT2D eigenvalue weighted by atomic mass is 16.5. The molecule has 134 valence electrons. The van der Waals surface area contributed by atoms with Gasteiger partial charge < -0.3 is 4.90 Å². The maximum atomic E-state index is 12.3. The molecule has 1 heterocycles. The van der Waals surface area contributed by atoms with Crippen LogP contribution < -0.4 is 15.8 Å². The third-order valence-corrected chi connectivity index (χ3v) is 3.45. The van der Waals surface area contributed by atoms with Crippen molar-refractivity contribution in [3.8, 4) is 0 Å². The standard InChI is InChI=1S/C15H26N6O3/c1-4-5-6-7-12(10-21(24)11-22)14(23)18-19-15-16-9-8-13(17-15)20(2)3/h8-9,11-12,24H,4-7,10H2,1-3H3,(H,18,23)(H,16,17,19)/t12-/m1/s1. The molecule has 1 atom stereocenters. The number of carbonyl (C=O) groups excluding carboxylic acids is 2. The van der Waals surface area contributed by atoms with E-state index in [1.807, 2.05) is 19.0 Å². The van der Waals surface area contributed by atoms with Crippen LogP contribution in [-0.4, -0.2) is 53.2 Å². The molecule has 0 aliphatic carbocycles. The minimum absolute atomic E-state index is 0.0562. The highest BCUT2D eigenvalue weighted by molar-refractivity contribution is 5.80. The van der Waals surface area contributed by atoms with Crippen LogP contribution in [0.1, 0.15) is 32.6 Å². The molecular weight excluding hydrogens is 312 g/mol. The van der Waals surface area contributed by atoms with Gasteiger partial charge in [-0.15, -0.1) is 0 Å². The molecule has 24 heavy (non-hydrogen) atoms. The molecular formula is C15H26N6O3. The Morgan fingerprint density at radius 2 is 2.17 bits per heavy atom. The maximum Gasteiger partial charge on any atom is 0.243 e. The number of hydrogen-bond acceptors (Lipinski definition) is 7. The first-order valence-electron chi connectivity index (χ1n) is 7.95. The van der Waals surface area contributed by atoms with Gasteiger partial charge in [-0.05, 0) is 12.5 Å². The van der Waals surface area contributed by atoms with E-state index in [1.54, 1.807) is 12.3 Å². The second-order valence-corrected chi connectivity index (χ2v) is 5.67. The van der Waals surface area contributed by atoms with Gasteiger partial charge in [-0.2, -0.15) is 4.98 Å². The lowest BCUT2D eigenvalue weighted by Gasteiger charge is -2.20. The van der Waals surface area contributed by atoms with Crippen molar-refractivity contribution in [2.45, 2.75) is 32.6 Å². The lowest BCUT2D eigenvalue weighted by molar-refractivity contribution is -0.154. The summed E-state index contributed by atoms with van der Waals surface area (Å²) >= 11 is 0. The average molecular weight is 338 g/mol. The maximum absolute atomic E-state index is 12.3. The third-order valence-electron chi connectivity index (χ3n) is 3.45. The summed E-state index contributed by atoms with van der Waals surface area (Å²) in [6.45, 7) is 2.01. The van der Waals surface area contributed by atoms with Crippen LogP contribution in [0.5, 0.6) is 0 Å². The fraction of sp³-hybridized carbons (Fsp3) is 0.600. The summed E-state index contributed by atoms with van der Waals surface area (Å²) in [5.74, 6) is 0.115. The van der Waals surface area contributed by atoms with E-state index in [1.165, 1.54) is 0 Å². The highest BCUT2D eigenvalue weighted by Crippen LogP contribution is 2.12. The Labute approximate surface area is 142 Å². The van der Waals surface area contributed by atoms with Gasteiger partial charge in [-0.1, -0.05) is 26.2 Å². The lowest BCUT2D eigenvalue weighted by Crippen LogP contribution is -2.40. The van der Waals surface area contributed by atoms with Crippen LogP contribution in [0.3, 0.4) is 0 Å². The topological polar surface area (TPSA) is 111 Å². The van der Waals surface area contributed by atoms with E-state index >= 15 is 0 Å². The van der Waals surface area contributed by atoms with Gasteiger partial charge in [0.2, 0.25) is 18.3 Å². The second kappa shape index (κ2) is 10.4. The van der Waals surface area contributed by atoms with Gasteiger partial charge in [0.15, 0.2) is 0 Å². The fourth-order valence-corrected chi connectivity index (χ4v) is 2.09. The number of anilines is 2. The van der Waals surface area contributed by atoms with Crippen molar-refractivity contribution in [3.05, 3.63) is 12.3 Å². The molecule has 2 amide bonds. The number of hydroxylamine groups is 2. The summed E-state index contributed by atoms with van der Waals surface area (Å²) < 4.78 is 0. The predicted molar refractivity (Wildman–Crippen MR) is 90.3 cm³/mol. The minimum atomic E-state index is -0.517. The summed E-state index contributed by atoms with van der Waals surface area (Å²) in [7, 11) is 3.70. The first kappa shape index (κ1) is 19.6. The quantitative estimate of drug-likeness (QED) is 0.239. The van der Waals surface area contributed by atoms with Gasteiger partial charge in [-0.3, -0.25) is 25.6 Å². The summed E-state index contributed by atoms with van der Waals surface area (Å²) in [6.07, 6.45) is 5.29. The first-order valence-corrected chi connectivity index (χ1v) is 7.95. The molecule has 0 aliphatic rings. The molecule has 9 heteroatoms. The van der Waals surface area contributed by atoms with E-state index in [9.17, 15) is 14.8 Å². The van der Waals surface area contributed by atoms with Crippen molar-refractivity contribution in [2.24, 2.45) is 5.92 Å². The number of rotatable bonds is 11. The van der Waals surface area contributed by atoms with Crippen LogP contribution in [0.4, 0.5) is 11.8 Å². The Balaban J connectivity index is 2.62. The lowest BCUT2D eigenvalue weighted by atomic mass is 10.0. The third kappa shape index (κ3) is 6.78. The van der Waals surface area contributed by atoms with Crippen LogP contribution in [0.15, 0.2) is 12.3 Å². The Bertz CT molecular complexity index is 526. The van der Waals surface area contributed by atoms with Crippen LogP contribution >= 0.6 is 0 Å². The molecule has 1 aromatic rings. The molecule has 0 radical (unpaired) electrons. The van der Waals surface area contributed by atoms with E-state index in [4.69, 9.17) is 0 Å². The number of nitrogens with one attached hydrogen (secondary N) is 2. The number of unbranched alkanes of at least 4 members (excludes halogenated alkanes) is 2. The largest absolute Gasteiger partial charge is 0.363 e. The zero-order valence-corrected chi connectivity index (χ0v) is 14.4. The summed E-state index contributed by atoms with van der Waals surface area (Å²) in [5.41, 5.74) is 5.20. The van der Waals surface area contributed by atoms with Crippen LogP contribution in [0.2, 0.25) is 0 Å². The van der Waals surface area contributed by atoms with E-state index in [-0.39, 0.29) is 24.8 Å². The van der Waals surface area contributed by atoms with Crippen LogP contribution in [0.25, 0.3) is 0 Å². The van der Waals surface area contributed by atoms with Crippen molar-refractivity contribution in [2.75, 3.05) is 31.0 Å². The molecule has 0 fully saturated rings. The monoisotopic (exact) mass is 338 g/mol. The van der Waals surface area contributed by atoms with Crippen molar-refractivity contribution in [1.29, 1.82) is 0 Å². The van der Waals surface area contributed by atoms with Gasteiger partial charge in [0, 0.05) is 20.3 Å². The molecule has 1 aromatic heterocycles. The molecule has 9 nitrogen and oxygen atoms in total. The molecule has 3 N–H and O–H groups in total. The number of nitrogens with zero attached hydrogens (tertiary/aromatic N) is 4. The van der Waals surface area contributed by atoms with Crippen LogP contribution in [-0.2, 0) is 9.59 Å². The first-order chi connectivity index (χ1) is 11.5. The number of amides is 2. The molecule has 0 aliphatic heterocycles. The van der Waals surface area contributed by atoms with Gasteiger partial charge in [0.05, 0.1) is 12.5 Å². The van der Waals surface area contributed by atoms with E-state index in [0.717, 1.165) is 19.3 Å². The molecule has 0 bridgehead atoms. The summed E-state index contributed by atoms with van der Waals surface area (Å²) in [5, 5.41) is 9.84. The fourth-order valence-electron chi connectivity index (χ4n) is 2.09. The zero-order valence-electron chi connectivity index (χ0n) is 14.4. The SMILES string of the molecule is CCCCC[C@H](CN(O)C=O)C(=O)NNc1nccc(N(C)C)n1. The molecule has 0 unspecified atom stereocenters. The molecule has 0 saturated heterocycles. The Hall–Kier alpha value is -2.42. The number of hydrogen-bond donors (Lipinski definition) is 3. The average Bonchev–Trinajstić information content (AvgIpc) is 2.58. The molecule has 0 aromatic carbocycles. The number of carbonyl (C=O) groups is 2. The van der Waals surface area contributed by atoms with Crippen molar-refractivity contribution < 1.29 is 14.8 Å². The highest BCUT2D eigenvalue weighted by Gasteiger charge is 2.20. The molecule has 0 saturated carbocycles. The second-order valence-electron chi connectivity index (χ2n) is 5.67. The van der Waals surface area contributed by atoms with Crippen LogP contribution in [0, 0.1) is 5.92 Å². The molecule has 0 spiro atoms. The van der Waals surface area contributed by atoms with Gasteiger partial charge in [0.25, 0.3) is 0 Å². The van der Waals surface area contributed by atoms with E-state index in [0.29, 0.717) is 17.3 Å². The van der Waals surface area contributed by atoms with Gasteiger partial charge >= 0.3 is 0 Å². The van der Waals surface area contributed by atoms with Gasteiger partial charge in [0.1, 0.15) is 5.82 Å². The smallest absolute Gasteiger partial charge is 0.243 e. The van der Waals surface area contributed by atoms with Gasteiger partial charge in [-0.25, -0.2) is 10.0 Å². The minimum Gasteiger partial charge on any atom is -0.363 e. The van der Waals surface area contributed by atoms with Crippen molar-refractivity contribution >= 4 is 24.1 Å².